The highest BCUT2D eigenvalue weighted by Crippen LogP contribution is 2.35. The van der Waals surface area contributed by atoms with Crippen LogP contribution in [0.2, 0.25) is 0 Å². The maximum atomic E-state index is 13.6. The van der Waals surface area contributed by atoms with Crippen molar-refractivity contribution in [2.45, 2.75) is 76.7 Å². The number of carboxylic acids is 1. The van der Waals surface area contributed by atoms with Gasteiger partial charge >= 0.3 is 5.97 Å². The van der Waals surface area contributed by atoms with Crippen LogP contribution < -0.4 is 4.72 Å². The molecule has 172 valence electrons. The topological polar surface area (TPSA) is 107 Å². The summed E-state index contributed by atoms with van der Waals surface area (Å²) in [7, 11) is -4.13. The predicted octanol–water partition coefficient (Wildman–Crippen LogP) is 4.90. The van der Waals surface area contributed by atoms with Crippen LogP contribution in [-0.4, -0.2) is 25.5 Å². The van der Waals surface area contributed by atoms with E-state index in [4.69, 9.17) is 5.26 Å². The maximum Gasteiger partial charge on any atom is 0.322 e. The number of carboxylic acid groups (broad SMARTS) is 1. The van der Waals surface area contributed by atoms with Gasteiger partial charge in [-0.1, -0.05) is 65.8 Å². The third-order valence-corrected chi connectivity index (χ3v) is 7.04. The summed E-state index contributed by atoms with van der Waals surface area (Å²) in [5.74, 6) is -1.16. The fourth-order valence-electron chi connectivity index (χ4n) is 3.63. The van der Waals surface area contributed by atoms with Gasteiger partial charge in [0.05, 0.1) is 16.5 Å². The molecule has 0 saturated heterocycles. The first-order chi connectivity index (χ1) is 14.9. The minimum Gasteiger partial charge on any atom is -0.480 e. The number of carbonyl (C=O) groups is 1. The van der Waals surface area contributed by atoms with Gasteiger partial charge in [-0.05, 0) is 58.6 Å². The number of hydrogen-bond donors (Lipinski definition) is 2. The number of rotatable bonds is 9. The Morgan fingerprint density at radius 2 is 1.56 bits per heavy atom. The molecular formula is C25H32N2O4S. The molecule has 0 heterocycles. The molecule has 0 aliphatic rings. The van der Waals surface area contributed by atoms with E-state index in [-0.39, 0.29) is 29.1 Å². The molecule has 2 rings (SSSR count). The summed E-state index contributed by atoms with van der Waals surface area (Å²) in [5.41, 5.74) is 3.39. The van der Waals surface area contributed by atoms with E-state index in [0.29, 0.717) is 22.3 Å². The third kappa shape index (κ3) is 5.96. The highest BCUT2D eigenvalue weighted by atomic mass is 32.2. The van der Waals surface area contributed by atoms with Crippen molar-refractivity contribution in [1.29, 1.82) is 5.26 Å². The number of aliphatic carboxylic acids is 1. The van der Waals surface area contributed by atoms with Crippen molar-refractivity contribution in [3.63, 3.8) is 0 Å². The molecule has 0 aliphatic carbocycles. The summed E-state index contributed by atoms with van der Waals surface area (Å²) >= 11 is 0. The molecule has 6 nitrogen and oxygen atoms in total. The Kier molecular flexibility index (Phi) is 8.22. The largest absolute Gasteiger partial charge is 0.480 e. The molecule has 0 amide bonds. The Hall–Kier alpha value is -2.69. The lowest BCUT2D eigenvalue weighted by Crippen LogP contribution is -2.43. The molecule has 0 bridgehead atoms. The van der Waals surface area contributed by atoms with Gasteiger partial charge in [-0.15, -0.1) is 0 Å². The first kappa shape index (κ1) is 25.6. The Morgan fingerprint density at radius 3 is 2.00 bits per heavy atom. The average molecular weight is 457 g/mol. The van der Waals surface area contributed by atoms with Crippen molar-refractivity contribution in [2.75, 3.05) is 0 Å². The molecule has 1 atom stereocenters. The van der Waals surface area contributed by atoms with E-state index in [1.54, 1.807) is 24.3 Å². The number of hydrogen-bond acceptors (Lipinski definition) is 4. The van der Waals surface area contributed by atoms with E-state index in [0.717, 1.165) is 5.56 Å². The zero-order valence-corrected chi connectivity index (χ0v) is 20.3. The van der Waals surface area contributed by atoms with Crippen LogP contribution in [0.25, 0.3) is 0 Å². The van der Waals surface area contributed by atoms with E-state index in [9.17, 15) is 18.3 Å². The van der Waals surface area contributed by atoms with Gasteiger partial charge in [0.25, 0.3) is 0 Å². The summed E-state index contributed by atoms with van der Waals surface area (Å²) in [4.78, 5) is 12.1. The molecule has 2 aromatic carbocycles. The number of nitrogens with zero attached hydrogens (tertiary/aromatic N) is 1. The van der Waals surface area contributed by atoms with Crippen LogP contribution in [-0.2, 0) is 21.2 Å². The van der Waals surface area contributed by atoms with Gasteiger partial charge < -0.3 is 5.11 Å². The lowest BCUT2D eigenvalue weighted by molar-refractivity contribution is -0.138. The van der Waals surface area contributed by atoms with Crippen molar-refractivity contribution in [2.24, 2.45) is 0 Å². The highest BCUT2D eigenvalue weighted by molar-refractivity contribution is 7.89. The van der Waals surface area contributed by atoms with E-state index >= 15 is 0 Å². The van der Waals surface area contributed by atoms with Gasteiger partial charge in [-0.25, -0.2) is 8.42 Å². The second-order valence-corrected chi connectivity index (χ2v) is 10.7. The third-order valence-electron chi connectivity index (χ3n) is 5.44. The van der Waals surface area contributed by atoms with Crippen molar-refractivity contribution >= 4 is 16.0 Å². The first-order valence-electron chi connectivity index (χ1n) is 10.8. The Bertz CT molecular complexity index is 1100. The van der Waals surface area contributed by atoms with Gasteiger partial charge in [0.15, 0.2) is 0 Å². The minimum absolute atomic E-state index is 0.0617. The number of nitriles is 1. The highest BCUT2D eigenvalue weighted by Gasteiger charge is 2.31. The standard InChI is InChI=1S/C25H32N2O4S/c1-15(2)20-12-21(16(3)4)24(22(13-20)17(5)6)32(30,31)27-23(25(28)29)11-18-8-7-9-19(10-18)14-26/h7-10,12-13,15-17,23,27H,11H2,1-6H3,(H,28,29). The number of sulfonamides is 1. The second-order valence-electron chi connectivity index (χ2n) is 9.02. The fourth-order valence-corrected chi connectivity index (χ4v) is 5.52. The molecule has 2 aromatic rings. The normalized spacial score (nSPS) is 12.9. The lowest BCUT2D eigenvalue weighted by atomic mass is 9.89. The first-order valence-corrected chi connectivity index (χ1v) is 12.3. The monoisotopic (exact) mass is 456 g/mol. The average Bonchev–Trinajstić information content (AvgIpc) is 2.71. The smallest absolute Gasteiger partial charge is 0.322 e. The SMILES string of the molecule is CC(C)c1cc(C(C)C)c(S(=O)(=O)NC(Cc2cccc(C#N)c2)C(=O)O)c(C(C)C)c1. The number of benzene rings is 2. The molecule has 0 aliphatic heterocycles. The fraction of sp³-hybridized carbons (Fsp3) is 0.440. The molecule has 7 heteroatoms. The van der Waals surface area contributed by atoms with Crippen LogP contribution in [0.3, 0.4) is 0 Å². The van der Waals surface area contributed by atoms with Crippen molar-refractivity contribution in [3.8, 4) is 6.07 Å². The predicted molar refractivity (Wildman–Crippen MR) is 125 cm³/mol. The van der Waals surface area contributed by atoms with Crippen LogP contribution in [0.1, 0.15) is 87.1 Å². The molecule has 0 radical (unpaired) electrons. The second kappa shape index (κ2) is 10.3. The van der Waals surface area contributed by atoms with Gasteiger partial charge in [0, 0.05) is 0 Å². The summed E-state index contributed by atoms with van der Waals surface area (Å²) in [6.07, 6.45) is -0.0673. The molecule has 32 heavy (non-hydrogen) atoms. The lowest BCUT2D eigenvalue weighted by Gasteiger charge is -2.24. The van der Waals surface area contributed by atoms with Gasteiger partial charge in [0.1, 0.15) is 6.04 Å². The molecule has 2 N–H and O–H groups in total. The van der Waals surface area contributed by atoms with E-state index < -0.39 is 22.0 Å². The van der Waals surface area contributed by atoms with E-state index in [2.05, 4.69) is 18.6 Å². The molecule has 0 fully saturated rings. The summed E-state index contributed by atoms with van der Waals surface area (Å²) in [6.45, 7) is 11.9. The van der Waals surface area contributed by atoms with Gasteiger partial charge in [0.2, 0.25) is 10.0 Å². The van der Waals surface area contributed by atoms with Crippen LogP contribution in [0.15, 0.2) is 41.3 Å². The Balaban J connectivity index is 2.57. The van der Waals surface area contributed by atoms with Gasteiger partial charge in [-0.2, -0.15) is 9.98 Å². The van der Waals surface area contributed by atoms with Crippen molar-refractivity contribution in [1.82, 2.24) is 4.72 Å². The van der Waals surface area contributed by atoms with Crippen LogP contribution in [0.5, 0.6) is 0 Å². The molecule has 0 spiro atoms. The summed E-state index contributed by atoms with van der Waals surface area (Å²) in [6, 6.07) is 11.0. The zero-order chi connectivity index (χ0) is 24.2. The minimum atomic E-state index is -4.13. The molecule has 0 aromatic heterocycles. The molecular weight excluding hydrogens is 424 g/mol. The molecule has 1 unspecified atom stereocenters. The van der Waals surface area contributed by atoms with Crippen LogP contribution >= 0.6 is 0 Å². The van der Waals surface area contributed by atoms with Crippen LogP contribution in [0.4, 0.5) is 0 Å². The quantitative estimate of drug-likeness (QED) is 0.558. The van der Waals surface area contributed by atoms with E-state index in [1.807, 2.05) is 45.9 Å². The Labute approximate surface area is 191 Å². The molecule has 0 saturated carbocycles. The van der Waals surface area contributed by atoms with Crippen molar-refractivity contribution < 1.29 is 18.3 Å². The van der Waals surface area contributed by atoms with Crippen LogP contribution in [0, 0.1) is 11.3 Å². The zero-order valence-electron chi connectivity index (χ0n) is 19.5. The number of nitrogens with one attached hydrogen (secondary N) is 1. The summed E-state index contributed by atoms with van der Waals surface area (Å²) in [5, 5.41) is 18.8. The maximum absolute atomic E-state index is 13.6. The van der Waals surface area contributed by atoms with Crippen molar-refractivity contribution in [3.05, 3.63) is 64.2 Å². The summed E-state index contributed by atoms with van der Waals surface area (Å²) < 4.78 is 29.6. The van der Waals surface area contributed by atoms with E-state index in [1.165, 1.54) is 0 Å². The van der Waals surface area contributed by atoms with Gasteiger partial charge in [-0.3, -0.25) is 4.79 Å². The Morgan fingerprint density at radius 1 is 1.00 bits per heavy atom.